The van der Waals surface area contributed by atoms with E-state index in [0.717, 1.165) is 36.6 Å². The van der Waals surface area contributed by atoms with Crippen LogP contribution in [0.25, 0.3) is 0 Å². The normalized spacial score (nSPS) is 20.3. The van der Waals surface area contributed by atoms with Crippen LogP contribution < -0.4 is 5.32 Å². The Labute approximate surface area is 164 Å². The number of nitrogens with one attached hydrogen (secondary N) is 1. The largest absolute Gasteiger partial charge is 0.416 e. The Kier molecular flexibility index (Phi) is 4.96. The Morgan fingerprint density at radius 1 is 1.41 bits per heavy atom. The van der Waals surface area contributed by atoms with Gasteiger partial charge in [-0.15, -0.1) is 21.5 Å². The molecule has 0 radical (unpaired) electrons. The van der Waals surface area contributed by atoms with Crippen molar-refractivity contribution in [1.82, 2.24) is 10.2 Å². The lowest BCUT2D eigenvalue weighted by Crippen LogP contribution is -2.14. The zero-order chi connectivity index (χ0) is 19.0. The first-order valence-corrected chi connectivity index (χ1v) is 12.1. The van der Waals surface area contributed by atoms with E-state index in [1.807, 2.05) is 0 Å². The van der Waals surface area contributed by atoms with Crippen molar-refractivity contribution in [2.24, 2.45) is 0 Å². The van der Waals surface area contributed by atoms with Gasteiger partial charge in [0.2, 0.25) is 11.8 Å². The third kappa shape index (κ3) is 3.88. The molecule has 1 amide bonds. The van der Waals surface area contributed by atoms with Gasteiger partial charge in [0.25, 0.3) is 5.22 Å². The van der Waals surface area contributed by atoms with E-state index in [2.05, 4.69) is 21.6 Å². The van der Waals surface area contributed by atoms with Crippen LogP contribution in [0.4, 0.5) is 5.00 Å². The molecule has 27 heavy (non-hydrogen) atoms. The van der Waals surface area contributed by atoms with E-state index >= 15 is 0 Å². The van der Waals surface area contributed by atoms with Gasteiger partial charge >= 0.3 is 0 Å². The van der Waals surface area contributed by atoms with Gasteiger partial charge < -0.3 is 9.73 Å². The third-order valence-electron chi connectivity index (χ3n) is 4.62. The zero-order valence-corrected chi connectivity index (χ0v) is 16.7. The Morgan fingerprint density at radius 3 is 3.00 bits per heavy atom. The van der Waals surface area contributed by atoms with Gasteiger partial charge in [0, 0.05) is 4.88 Å². The molecule has 142 valence electrons. The number of hydrogen-bond acceptors (Lipinski definition) is 9. The fourth-order valence-corrected chi connectivity index (χ4v) is 6.89. The van der Waals surface area contributed by atoms with Crippen molar-refractivity contribution in [1.29, 1.82) is 5.26 Å². The summed E-state index contributed by atoms with van der Waals surface area (Å²) in [6, 6.07) is 2.20. The number of anilines is 1. The summed E-state index contributed by atoms with van der Waals surface area (Å²) in [5.74, 6) is 0.0202. The van der Waals surface area contributed by atoms with Crippen LogP contribution in [0.15, 0.2) is 9.64 Å². The summed E-state index contributed by atoms with van der Waals surface area (Å²) in [6.45, 7) is 0. The van der Waals surface area contributed by atoms with E-state index in [-0.39, 0.29) is 34.3 Å². The fourth-order valence-electron chi connectivity index (χ4n) is 3.33. The van der Waals surface area contributed by atoms with Gasteiger partial charge in [0.1, 0.15) is 11.1 Å². The molecule has 2 aliphatic rings. The summed E-state index contributed by atoms with van der Waals surface area (Å²) < 4.78 is 28.6. The molecule has 1 fully saturated rings. The Hall–Kier alpha value is -1.90. The number of thiophene rings is 1. The van der Waals surface area contributed by atoms with Crippen LogP contribution >= 0.6 is 23.1 Å². The number of nitriles is 1. The van der Waals surface area contributed by atoms with Gasteiger partial charge in [-0.05, 0) is 31.2 Å². The van der Waals surface area contributed by atoms with Gasteiger partial charge in [-0.1, -0.05) is 11.8 Å². The average molecular weight is 425 g/mol. The smallest absolute Gasteiger partial charge is 0.277 e. The highest BCUT2D eigenvalue weighted by molar-refractivity contribution is 7.99. The molecule has 1 N–H and O–H groups in total. The molecule has 0 spiro atoms. The zero-order valence-electron chi connectivity index (χ0n) is 14.2. The van der Waals surface area contributed by atoms with Crippen molar-refractivity contribution in [3.05, 3.63) is 21.9 Å². The first kappa shape index (κ1) is 18.5. The average Bonchev–Trinajstić information content (AvgIpc) is 3.36. The van der Waals surface area contributed by atoms with Crippen molar-refractivity contribution in [2.45, 2.75) is 36.8 Å². The van der Waals surface area contributed by atoms with Crippen molar-refractivity contribution in [2.75, 3.05) is 22.6 Å². The van der Waals surface area contributed by atoms with Crippen LogP contribution in [0.5, 0.6) is 0 Å². The predicted molar refractivity (Wildman–Crippen MR) is 101 cm³/mol. The lowest BCUT2D eigenvalue weighted by molar-refractivity contribution is -0.113. The monoisotopic (exact) mass is 424 g/mol. The fraction of sp³-hybridized carbons (Fsp3) is 0.500. The lowest BCUT2D eigenvalue weighted by atomic mass is 10.1. The van der Waals surface area contributed by atoms with Crippen molar-refractivity contribution >= 4 is 43.8 Å². The van der Waals surface area contributed by atoms with Crippen molar-refractivity contribution in [3.8, 4) is 6.07 Å². The number of carbonyl (C=O) groups excluding carboxylic acids is 1. The number of sulfone groups is 1. The molecule has 8 nitrogen and oxygen atoms in total. The van der Waals surface area contributed by atoms with E-state index in [4.69, 9.17) is 4.42 Å². The Bertz CT molecular complexity index is 1030. The van der Waals surface area contributed by atoms with E-state index in [1.165, 1.54) is 16.2 Å². The standard InChI is InChI=1S/C16H16N4O4S3/c17-6-11-10-2-1-3-12(10)26-15(11)18-13(21)7-25-16-20-19-14(24-16)9-4-5-27(22,23)8-9/h9H,1-5,7-8H2,(H,18,21). The molecule has 3 heterocycles. The van der Waals surface area contributed by atoms with Crippen LogP contribution in [0, 0.1) is 11.3 Å². The summed E-state index contributed by atoms with van der Waals surface area (Å²) in [7, 11) is -3.02. The minimum atomic E-state index is -3.02. The van der Waals surface area contributed by atoms with Crippen LogP contribution in [-0.4, -0.2) is 41.8 Å². The quantitative estimate of drug-likeness (QED) is 0.723. The van der Waals surface area contributed by atoms with Gasteiger partial charge in [-0.2, -0.15) is 5.26 Å². The molecule has 4 rings (SSSR count). The van der Waals surface area contributed by atoms with Crippen LogP contribution in [0.2, 0.25) is 0 Å². The Morgan fingerprint density at radius 2 is 2.26 bits per heavy atom. The third-order valence-corrected chi connectivity index (χ3v) is 8.41. The second kappa shape index (κ2) is 7.26. The number of nitrogens with zero attached hydrogens (tertiary/aromatic N) is 3. The molecular weight excluding hydrogens is 408 g/mol. The van der Waals surface area contributed by atoms with Gasteiger partial charge in [-0.25, -0.2) is 8.42 Å². The molecule has 1 aliphatic heterocycles. The first-order valence-electron chi connectivity index (χ1n) is 8.46. The molecule has 1 aliphatic carbocycles. The Balaban J connectivity index is 1.35. The number of fused-ring (bicyclic) bond motifs is 1. The van der Waals surface area contributed by atoms with E-state index < -0.39 is 9.84 Å². The molecule has 0 bridgehead atoms. The number of amides is 1. The summed E-state index contributed by atoms with van der Waals surface area (Å²) in [5.41, 5.74) is 1.65. The lowest BCUT2D eigenvalue weighted by Gasteiger charge is -2.02. The maximum atomic E-state index is 12.2. The molecule has 2 aromatic rings. The van der Waals surface area contributed by atoms with Gasteiger partial charge in [-0.3, -0.25) is 4.79 Å². The summed E-state index contributed by atoms with van der Waals surface area (Å²) in [4.78, 5) is 13.4. The van der Waals surface area contributed by atoms with Crippen LogP contribution in [0.1, 0.15) is 40.7 Å². The maximum Gasteiger partial charge on any atom is 0.277 e. The van der Waals surface area contributed by atoms with Gasteiger partial charge in [0.15, 0.2) is 9.84 Å². The number of carbonyl (C=O) groups is 1. The van der Waals surface area contributed by atoms with E-state index in [1.54, 1.807) is 0 Å². The number of hydrogen-bond donors (Lipinski definition) is 1. The summed E-state index contributed by atoms with van der Waals surface area (Å²) in [6.07, 6.45) is 3.39. The molecule has 0 saturated carbocycles. The maximum absolute atomic E-state index is 12.2. The van der Waals surface area contributed by atoms with Crippen molar-refractivity contribution < 1.29 is 17.6 Å². The summed E-state index contributed by atoms with van der Waals surface area (Å²) in [5, 5.41) is 20.8. The number of thioether (sulfide) groups is 1. The highest BCUT2D eigenvalue weighted by atomic mass is 32.2. The minimum absolute atomic E-state index is 0.0275. The molecule has 1 unspecified atom stereocenters. The molecule has 1 atom stereocenters. The number of aryl methyl sites for hydroxylation is 1. The van der Waals surface area contributed by atoms with Gasteiger partial charge in [0.05, 0.1) is 28.7 Å². The molecule has 2 aromatic heterocycles. The molecule has 0 aromatic carbocycles. The predicted octanol–water partition coefficient (Wildman–Crippen LogP) is 2.12. The second-order valence-electron chi connectivity index (χ2n) is 6.52. The van der Waals surface area contributed by atoms with Crippen LogP contribution in [-0.2, 0) is 27.5 Å². The minimum Gasteiger partial charge on any atom is -0.416 e. The topological polar surface area (TPSA) is 126 Å². The molecule has 11 heteroatoms. The highest BCUT2D eigenvalue weighted by Gasteiger charge is 2.33. The molecular formula is C16H16N4O4S3. The number of aromatic nitrogens is 2. The second-order valence-corrected chi connectivity index (χ2v) is 10.8. The van der Waals surface area contributed by atoms with E-state index in [9.17, 15) is 18.5 Å². The first-order chi connectivity index (χ1) is 12.9. The summed E-state index contributed by atoms with van der Waals surface area (Å²) >= 11 is 2.56. The highest BCUT2D eigenvalue weighted by Crippen LogP contribution is 2.38. The SMILES string of the molecule is N#Cc1c(NC(=O)CSc2nnc(C3CCS(=O)(=O)C3)o2)sc2c1CCC2. The van der Waals surface area contributed by atoms with E-state index in [0.29, 0.717) is 22.9 Å². The van der Waals surface area contributed by atoms with Crippen molar-refractivity contribution in [3.63, 3.8) is 0 Å². The number of rotatable bonds is 5. The van der Waals surface area contributed by atoms with Crippen LogP contribution in [0.3, 0.4) is 0 Å². The molecule has 1 saturated heterocycles.